The number of rotatable bonds is 1. The molecule has 0 aliphatic carbocycles. The van der Waals surface area contributed by atoms with Crippen LogP contribution in [0.25, 0.3) is 0 Å². The van der Waals surface area contributed by atoms with Crippen LogP contribution in [0.5, 0.6) is 0 Å². The smallest absolute Gasteiger partial charge is 0.339 e. The number of aromatic nitrogens is 1. The molecule has 1 heterocycles. The first kappa shape index (κ1) is 17.1. The van der Waals surface area contributed by atoms with E-state index in [1.807, 2.05) is 0 Å². The van der Waals surface area contributed by atoms with Gasteiger partial charge in [-0.1, -0.05) is 11.8 Å². The molecule has 0 unspecified atom stereocenters. The molecule has 0 radical (unpaired) electrons. The van der Waals surface area contributed by atoms with Crippen molar-refractivity contribution in [2.75, 3.05) is 13.7 Å². The van der Waals surface area contributed by atoms with Gasteiger partial charge in [-0.2, -0.15) is 0 Å². The highest BCUT2D eigenvalue weighted by Crippen LogP contribution is 2.02. The lowest BCUT2D eigenvalue weighted by atomic mass is 10.2. The van der Waals surface area contributed by atoms with Crippen LogP contribution < -0.4 is 5.73 Å². The standard InChI is InChI=1S/C10H10N2O2.2ClH/c1-14-10(13)9-5-8(3-2-4-11)6-12-7-9;;/h5-7H,4,11H2,1H3;2*1H. The molecule has 0 atom stereocenters. The predicted molar refractivity (Wildman–Crippen MR) is 66.0 cm³/mol. The van der Waals surface area contributed by atoms with Crippen molar-refractivity contribution < 1.29 is 9.53 Å². The Morgan fingerprint density at radius 2 is 2.19 bits per heavy atom. The summed E-state index contributed by atoms with van der Waals surface area (Å²) in [5, 5.41) is 0. The normalized spacial score (nSPS) is 7.62. The van der Waals surface area contributed by atoms with E-state index in [4.69, 9.17) is 5.73 Å². The summed E-state index contributed by atoms with van der Waals surface area (Å²) in [5.74, 6) is 5.03. The molecule has 0 aliphatic rings. The van der Waals surface area contributed by atoms with Crippen molar-refractivity contribution in [1.82, 2.24) is 4.98 Å². The van der Waals surface area contributed by atoms with Crippen LogP contribution in [0.4, 0.5) is 0 Å². The molecule has 1 rings (SSSR count). The second-order valence-corrected chi connectivity index (χ2v) is 2.46. The molecule has 0 aromatic carbocycles. The zero-order chi connectivity index (χ0) is 10.4. The third kappa shape index (κ3) is 4.99. The highest BCUT2D eigenvalue weighted by molar-refractivity contribution is 5.89. The van der Waals surface area contributed by atoms with Crippen molar-refractivity contribution in [3.8, 4) is 11.8 Å². The Bertz CT molecular complexity index is 399. The van der Waals surface area contributed by atoms with Crippen molar-refractivity contribution >= 4 is 30.8 Å². The van der Waals surface area contributed by atoms with Crippen molar-refractivity contribution in [3.63, 3.8) is 0 Å². The molecule has 2 N–H and O–H groups in total. The predicted octanol–water partition coefficient (Wildman–Crippen LogP) is 1.02. The van der Waals surface area contributed by atoms with E-state index in [9.17, 15) is 4.79 Å². The Morgan fingerprint density at radius 1 is 1.50 bits per heavy atom. The summed E-state index contributed by atoms with van der Waals surface area (Å²) in [6, 6.07) is 1.61. The van der Waals surface area contributed by atoms with E-state index in [-0.39, 0.29) is 31.4 Å². The number of halogens is 2. The summed E-state index contributed by atoms with van der Waals surface area (Å²) in [6.07, 6.45) is 2.99. The molecule has 0 fully saturated rings. The quantitative estimate of drug-likeness (QED) is 0.607. The second-order valence-electron chi connectivity index (χ2n) is 2.46. The average molecular weight is 263 g/mol. The molecule has 6 heteroatoms. The van der Waals surface area contributed by atoms with Gasteiger partial charge in [-0.3, -0.25) is 4.98 Å². The van der Waals surface area contributed by atoms with Gasteiger partial charge in [-0.15, -0.1) is 24.8 Å². The number of methoxy groups -OCH3 is 1. The van der Waals surface area contributed by atoms with E-state index in [1.54, 1.807) is 12.3 Å². The van der Waals surface area contributed by atoms with E-state index < -0.39 is 5.97 Å². The van der Waals surface area contributed by atoms with Crippen molar-refractivity contribution in [2.24, 2.45) is 5.73 Å². The van der Waals surface area contributed by atoms with Gasteiger partial charge in [0, 0.05) is 18.0 Å². The summed E-state index contributed by atoms with van der Waals surface area (Å²) < 4.78 is 4.54. The van der Waals surface area contributed by atoms with Gasteiger partial charge in [-0.05, 0) is 6.07 Å². The lowest BCUT2D eigenvalue weighted by molar-refractivity contribution is 0.0600. The Kier molecular flexibility index (Phi) is 9.61. The highest BCUT2D eigenvalue weighted by Gasteiger charge is 2.04. The molecule has 1 aromatic rings. The van der Waals surface area contributed by atoms with Crippen LogP contribution in [0, 0.1) is 11.8 Å². The number of nitrogens with zero attached hydrogens (tertiary/aromatic N) is 1. The van der Waals surface area contributed by atoms with Gasteiger partial charge < -0.3 is 10.5 Å². The summed E-state index contributed by atoms with van der Waals surface area (Å²) in [5.41, 5.74) is 6.25. The molecular formula is C10H12Cl2N2O2. The maximum absolute atomic E-state index is 11.1. The fraction of sp³-hybridized carbons (Fsp3) is 0.200. The number of esters is 1. The molecule has 0 spiro atoms. The van der Waals surface area contributed by atoms with Gasteiger partial charge in [0.2, 0.25) is 0 Å². The van der Waals surface area contributed by atoms with Crippen molar-refractivity contribution in [2.45, 2.75) is 0 Å². The summed E-state index contributed by atoms with van der Waals surface area (Å²) in [7, 11) is 1.32. The molecule has 1 aromatic heterocycles. The van der Waals surface area contributed by atoms with Crippen LogP contribution in [0.1, 0.15) is 15.9 Å². The Morgan fingerprint density at radius 3 is 2.75 bits per heavy atom. The zero-order valence-electron chi connectivity index (χ0n) is 8.60. The molecule has 4 nitrogen and oxygen atoms in total. The minimum atomic E-state index is -0.422. The zero-order valence-corrected chi connectivity index (χ0v) is 10.2. The largest absolute Gasteiger partial charge is 0.465 e. The average Bonchev–Trinajstić information content (AvgIpc) is 2.25. The minimum Gasteiger partial charge on any atom is -0.465 e. The third-order valence-corrected chi connectivity index (χ3v) is 1.49. The van der Waals surface area contributed by atoms with Crippen molar-refractivity contribution in [3.05, 3.63) is 29.6 Å². The lowest BCUT2D eigenvalue weighted by Crippen LogP contribution is -2.02. The number of hydrogen-bond acceptors (Lipinski definition) is 4. The van der Waals surface area contributed by atoms with Gasteiger partial charge >= 0.3 is 5.97 Å². The highest BCUT2D eigenvalue weighted by atomic mass is 35.5. The summed E-state index contributed by atoms with van der Waals surface area (Å²) >= 11 is 0. The monoisotopic (exact) mass is 262 g/mol. The Labute approximate surface area is 106 Å². The minimum absolute atomic E-state index is 0. The van der Waals surface area contributed by atoms with E-state index in [1.165, 1.54) is 13.3 Å². The molecule has 0 saturated heterocycles. The summed E-state index contributed by atoms with van der Waals surface area (Å²) in [4.78, 5) is 15.0. The Balaban J connectivity index is 0. The number of pyridine rings is 1. The number of ether oxygens (including phenoxy) is 1. The maximum atomic E-state index is 11.1. The van der Waals surface area contributed by atoms with Crippen LogP contribution in [-0.4, -0.2) is 24.6 Å². The number of carbonyl (C=O) groups is 1. The van der Waals surface area contributed by atoms with Crippen LogP contribution >= 0.6 is 24.8 Å². The third-order valence-electron chi connectivity index (χ3n) is 1.49. The summed E-state index contributed by atoms with van der Waals surface area (Å²) in [6.45, 7) is 0.280. The first-order valence-electron chi connectivity index (χ1n) is 4.00. The number of carbonyl (C=O) groups excluding carboxylic acids is 1. The van der Waals surface area contributed by atoms with Gasteiger partial charge in [0.05, 0.1) is 19.2 Å². The SMILES string of the molecule is COC(=O)c1cncc(C#CCN)c1.Cl.Cl. The van der Waals surface area contributed by atoms with E-state index in [0.717, 1.165) is 0 Å². The van der Waals surface area contributed by atoms with E-state index >= 15 is 0 Å². The molecule has 88 valence electrons. The number of nitrogens with two attached hydrogens (primary N) is 1. The van der Waals surface area contributed by atoms with E-state index in [0.29, 0.717) is 11.1 Å². The fourth-order valence-electron chi connectivity index (χ4n) is 0.891. The second kappa shape index (κ2) is 8.98. The molecular weight excluding hydrogens is 251 g/mol. The molecule has 0 bridgehead atoms. The van der Waals surface area contributed by atoms with Crippen LogP contribution in [0.2, 0.25) is 0 Å². The van der Waals surface area contributed by atoms with Gasteiger partial charge in [0.15, 0.2) is 0 Å². The van der Waals surface area contributed by atoms with Crippen LogP contribution in [0.3, 0.4) is 0 Å². The van der Waals surface area contributed by atoms with Gasteiger partial charge in [0.25, 0.3) is 0 Å². The molecule has 16 heavy (non-hydrogen) atoms. The first-order valence-corrected chi connectivity index (χ1v) is 4.00. The molecule has 0 saturated carbocycles. The van der Waals surface area contributed by atoms with Gasteiger partial charge in [0.1, 0.15) is 0 Å². The topological polar surface area (TPSA) is 65.2 Å². The lowest BCUT2D eigenvalue weighted by Gasteiger charge is -1.97. The van der Waals surface area contributed by atoms with E-state index in [2.05, 4.69) is 21.6 Å². The van der Waals surface area contributed by atoms with Gasteiger partial charge in [-0.25, -0.2) is 4.79 Å². The number of hydrogen-bond donors (Lipinski definition) is 1. The first-order chi connectivity index (χ1) is 6.77. The maximum Gasteiger partial charge on any atom is 0.339 e. The Hall–Kier alpha value is -1.28. The van der Waals surface area contributed by atoms with Crippen LogP contribution in [-0.2, 0) is 4.74 Å². The molecule has 0 amide bonds. The van der Waals surface area contributed by atoms with Crippen LogP contribution in [0.15, 0.2) is 18.5 Å². The fourth-order valence-corrected chi connectivity index (χ4v) is 0.891. The van der Waals surface area contributed by atoms with Crippen molar-refractivity contribution in [1.29, 1.82) is 0 Å². The molecule has 0 aliphatic heterocycles.